The van der Waals surface area contributed by atoms with E-state index in [4.69, 9.17) is 87.2 Å². The van der Waals surface area contributed by atoms with Gasteiger partial charge in [0.25, 0.3) is 16.5 Å². The SMILES string of the molecule is CC(C)(CO)C(=O)O.CCCCC(=O)C(C)(C)COc1cccc2c1C(N)=NS(=O)(=O)C2.CCCN.CCCNC(=O)C(C)(C)CO.O=CO.[C-]#[N+]c1c(CS(N)(=O)=O)cccc1OCC(C)(C)C(=O)CCCC.[C-]#[N+]c1c(N)cccc1F.[C-]#[N+]c1c(N)cccc1OCC(C)(C)C(=O)CCCC.[H-].[Na+].[Na+].[OH-]. The summed E-state index contributed by atoms with van der Waals surface area (Å²) in [7, 11) is -7.32. The summed E-state index contributed by atoms with van der Waals surface area (Å²) < 4.78 is 79.2. The van der Waals surface area contributed by atoms with Gasteiger partial charge in [-0.15, -0.1) is 4.40 Å². The van der Waals surface area contributed by atoms with Crippen LogP contribution in [0.25, 0.3) is 14.5 Å². The van der Waals surface area contributed by atoms with Crippen molar-refractivity contribution < 1.29 is 151 Å². The molecule has 0 aliphatic carbocycles. The summed E-state index contributed by atoms with van der Waals surface area (Å²) >= 11 is 0. The molecule has 1 amide bonds. The fraction of sp³-hybridized carbons (Fsp3) is 0.541. The zero-order valence-corrected chi connectivity index (χ0v) is 71.2. The molecular formula is C74H115FN10Na2O18S2. The minimum absolute atomic E-state index is 0. The first-order valence-corrected chi connectivity index (χ1v) is 37.0. The first-order chi connectivity index (χ1) is 48.3. The van der Waals surface area contributed by atoms with Gasteiger partial charge in [0.05, 0.1) is 90.3 Å². The second kappa shape index (κ2) is 56.1. The molecule has 1 heterocycles. The van der Waals surface area contributed by atoms with Gasteiger partial charge in [-0.3, -0.25) is 28.8 Å². The number of carbonyl (C=O) groups is 6. The number of nitrogens with zero attached hydrogens (tertiary/aromatic N) is 4. The van der Waals surface area contributed by atoms with Gasteiger partial charge in [-0.25, -0.2) is 40.9 Å². The minimum atomic E-state index is -3.75. The Morgan fingerprint density at radius 2 is 0.981 bits per heavy atom. The average Bonchev–Trinajstić information content (AvgIpc) is 0.782. The van der Waals surface area contributed by atoms with Gasteiger partial charge in [0.15, 0.2) is 0 Å². The Morgan fingerprint density at radius 1 is 0.617 bits per heavy atom. The van der Waals surface area contributed by atoms with Gasteiger partial charge in [-0.05, 0) is 149 Å². The number of carboxylic acid groups (broad SMARTS) is 2. The third-order valence-corrected chi connectivity index (χ3v) is 16.7. The molecule has 0 saturated heterocycles. The van der Waals surface area contributed by atoms with E-state index in [1.807, 2.05) is 48.5 Å². The third-order valence-electron chi connectivity index (χ3n) is 14.9. The fourth-order valence-corrected chi connectivity index (χ4v) is 9.52. The Hall–Kier alpha value is -7.13. The number of nitrogen functional groups attached to an aromatic ring is 2. The number of benzene rings is 4. The molecule has 33 heteroatoms. The molecule has 4 aromatic carbocycles. The maximum atomic E-state index is 12.6. The molecule has 1 aliphatic heterocycles. The van der Waals surface area contributed by atoms with Crippen LogP contribution in [0.4, 0.5) is 32.8 Å². The number of hydrogen-bond donors (Lipinski definition) is 10. The molecule has 0 radical (unpaired) electrons. The largest absolute Gasteiger partial charge is 1.00 e. The molecule has 16 N–H and O–H groups in total. The van der Waals surface area contributed by atoms with E-state index in [9.17, 15) is 45.2 Å². The van der Waals surface area contributed by atoms with Gasteiger partial charge in [0.2, 0.25) is 33.0 Å². The van der Waals surface area contributed by atoms with Crippen LogP contribution in [0.5, 0.6) is 17.2 Å². The van der Waals surface area contributed by atoms with E-state index in [2.05, 4.69) is 38.1 Å². The van der Waals surface area contributed by atoms with Crippen LogP contribution in [0.1, 0.15) is 193 Å². The van der Waals surface area contributed by atoms with E-state index in [0.717, 1.165) is 57.9 Å². The van der Waals surface area contributed by atoms with E-state index in [-0.39, 0.29) is 163 Å². The van der Waals surface area contributed by atoms with E-state index < -0.39 is 64.7 Å². The second-order valence-corrected chi connectivity index (χ2v) is 30.2. The topological polar surface area (TPSA) is 477 Å². The summed E-state index contributed by atoms with van der Waals surface area (Å²) in [6.45, 7) is 49.9. The molecule has 1 aliphatic rings. The number of sulfonamides is 2. The molecular weight excluding hydrogens is 1450 g/mol. The summed E-state index contributed by atoms with van der Waals surface area (Å²) in [5.74, 6) is -0.696. The molecule has 0 fully saturated rings. The van der Waals surface area contributed by atoms with Crippen LogP contribution in [0, 0.1) is 52.6 Å². The number of unbranched alkanes of at least 4 members (excludes halogenated alkanes) is 3. The number of amides is 1. The van der Waals surface area contributed by atoms with Crippen LogP contribution in [0.2, 0.25) is 0 Å². The zero-order chi connectivity index (χ0) is 80.9. The fourth-order valence-electron chi connectivity index (χ4n) is 7.76. The van der Waals surface area contributed by atoms with Crippen molar-refractivity contribution >= 4 is 90.0 Å². The van der Waals surface area contributed by atoms with E-state index in [1.54, 1.807) is 76.2 Å². The number of carboxylic acids is 1. The first-order valence-electron chi connectivity index (χ1n) is 33.7. The predicted octanol–water partition coefficient (Wildman–Crippen LogP) is 6.15. The summed E-state index contributed by atoms with van der Waals surface area (Å²) in [6.07, 6.45) is 9.12. The number of para-hydroxylation sites is 3. The number of ketones is 3. The van der Waals surface area contributed by atoms with Crippen molar-refractivity contribution in [3.8, 4) is 17.2 Å². The Kier molecular flexibility index (Phi) is 58.1. The Morgan fingerprint density at radius 3 is 1.32 bits per heavy atom. The number of anilines is 2. The molecule has 0 aromatic heterocycles. The Balaban J connectivity index is -0.000000229. The number of Topliss-reactive ketones (excluding diaryl/α,β-unsaturated/α-hetero) is 3. The smallest absolute Gasteiger partial charge is 1.00 e. The van der Waals surface area contributed by atoms with Crippen LogP contribution in [0.3, 0.4) is 0 Å². The monoisotopic (exact) mass is 1560 g/mol. The molecule has 28 nitrogen and oxygen atoms in total. The van der Waals surface area contributed by atoms with Crippen LogP contribution in [-0.4, -0.2) is 130 Å². The van der Waals surface area contributed by atoms with Gasteiger partial charge in [0, 0.05) is 37.2 Å². The molecule has 0 bridgehead atoms. The number of aliphatic carboxylic acids is 1. The number of amidine groups is 1. The number of hydrogen-bond acceptors (Lipinski definition) is 20. The van der Waals surface area contributed by atoms with Crippen molar-refractivity contribution in [2.24, 2.45) is 48.1 Å². The van der Waals surface area contributed by atoms with Crippen LogP contribution in [-0.2, 0) is 60.3 Å². The number of aliphatic hydroxyl groups excluding tert-OH is 2. The first kappa shape index (κ1) is 111. The van der Waals surface area contributed by atoms with Gasteiger partial charge in [-0.2, -0.15) is 0 Å². The molecule has 0 atom stereocenters. The number of rotatable bonds is 30. The van der Waals surface area contributed by atoms with Crippen molar-refractivity contribution in [1.29, 1.82) is 0 Å². The predicted molar refractivity (Wildman–Crippen MR) is 409 cm³/mol. The standard InChI is InChI=1S/2C17H24N2O4S.C16H22N2O2.C8H17NO2.C7H5FN2.C5H10O3.C3H9N.CH2O2.2Na.H2O.H/c1-4-5-9-14(20)17(2,3)11-23-13-8-6-7-12-10-24(21,22)19-16(18)15(12)13;1-5-6-10-15(20)17(2,3)12-23-14-9-7-8-13(16(14)19-4)11-24(18,21)22;1-5-6-10-14(19)16(2,3)11-20-13-9-7-8-12(17)15(13)18-4;1-4-5-9-7(11)8(2,3)6-10;1-10-7-5(8)3-2-4-6(7)9;1-5(2,3-6)4(7)8;1-2-3-4;2-1-3;;;;/h6-8H,4-5,9-11H2,1-3H3,(H2,18,19);7-9H,5-6,10-12H2,1-3H3,(H2,18,21,22);7-9H,5-6,10-11,17H2,1-3H3;10H,4-6H2,1-3H3,(H,9,11);2-4H,9H2;6H,3H2,1-2H3,(H,7,8);2-4H2,1H3;1H,(H,2,3);;;1H2;/q;;;;;;;;2*+1;;-1/p-1. The number of fused-ring (bicyclic) bond motifs is 1. The maximum absolute atomic E-state index is 12.6. The summed E-state index contributed by atoms with van der Waals surface area (Å²) in [6, 6.07) is 19.1. The Bertz CT molecular complexity index is 3770. The molecule has 5 rings (SSSR count). The number of nitrogens with one attached hydrogen (secondary N) is 1. The van der Waals surface area contributed by atoms with Gasteiger partial charge < -0.3 is 69.8 Å². The second-order valence-electron chi connectivity index (χ2n) is 26.9. The normalized spacial score (nSPS) is 11.5. The maximum Gasteiger partial charge on any atom is 1.00 e. The molecule has 0 unspecified atom stereocenters. The number of halogens is 1. The quantitative estimate of drug-likeness (QED) is 0.0121. The van der Waals surface area contributed by atoms with E-state index in [1.165, 1.54) is 38.1 Å². The number of aliphatic hydroxyl groups is 2. The van der Waals surface area contributed by atoms with Crippen molar-refractivity contribution in [3.05, 3.63) is 130 Å². The summed E-state index contributed by atoms with van der Waals surface area (Å²) in [5.41, 5.74) is 20.6. The number of carbonyl (C=O) groups excluding carboxylic acids is 4. The summed E-state index contributed by atoms with van der Waals surface area (Å²) in [4.78, 5) is 75.9. The molecule has 0 spiro atoms. The van der Waals surface area contributed by atoms with Gasteiger partial charge in [0.1, 0.15) is 52.9 Å². The van der Waals surface area contributed by atoms with Gasteiger partial charge >= 0.3 is 65.1 Å². The number of nitrogens with two attached hydrogens (primary N) is 5. The van der Waals surface area contributed by atoms with Gasteiger partial charge in [-0.1, -0.05) is 96.3 Å². The van der Waals surface area contributed by atoms with E-state index in [0.29, 0.717) is 65.4 Å². The molecule has 590 valence electrons. The van der Waals surface area contributed by atoms with Crippen molar-refractivity contribution in [3.63, 3.8) is 0 Å². The number of primary sulfonamides is 1. The average molecular weight is 1560 g/mol. The third kappa shape index (κ3) is 44.2. The van der Waals surface area contributed by atoms with Crippen LogP contribution < -0.4 is 107 Å². The molecule has 107 heavy (non-hydrogen) atoms. The van der Waals surface area contributed by atoms with Crippen LogP contribution >= 0.6 is 0 Å². The van der Waals surface area contributed by atoms with Crippen LogP contribution in [0.15, 0.2) is 77.2 Å². The Labute approximate surface area is 679 Å². The summed E-state index contributed by atoms with van der Waals surface area (Å²) in [5, 5.41) is 40.1. The number of ether oxygens (including phenoxy) is 3. The van der Waals surface area contributed by atoms with Crippen molar-refractivity contribution in [2.75, 3.05) is 57.6 Å². The molecule has 0 saturated carbocycles. The minimum Gasteiger partial charge on any atom is -1.00 e. The zero-order valence-electron chi connectivity index (χ0n) is 66.6. The molecule has 4 aromatic rings. The van der Waals surface area contributed by atoms with E-state index >= 15 is 0 Å². The van der Waals surface area contributed by atoms with Crippen molar-refractivity contribution in [1.82, 2.24) is 5.32 Å². The van der Waals surface area contributed by atoms with Crippen molar-refractivity contribution in [2.45, 2.75) is 186 Å².